The number of aromatic nitrogens is 2. The van der Waals surface area contributed by atoms with Gasteiger partial charge in [-0.15, -0.1) is 0 Å². The quantitative estimate of drug-likeness (QED) is 0.719. The average Bonchev–Trinajstić information content (AvgIpc) is 2.44. The normalized spacial score (nSPS) is 10.3. The van der Waals surface area contributed by atoms with Crippen LogP contribution in [0.3, 0.4) is 0 Å². The number of hydrogen-bond acceptors (Lipinski definition) is 5. The van der Waals surface area contributed by atoms with Crippen LogP contribution in [-0.4, -0.2) is 17.1 Å². The van der Waals surface area contributed by atoms with Crippen molar-refractivity contribution in [1.29, 1.82) is 0 Å². The van der Waals surface area contributed by atoms with Crippen molar-refractivity contribution in [2.75, 3.05) is 18.2 Å². The fourth-order valence-corrected chi connectivity index (χ4v) is 1.85. The molecule has 6 heteroatoms. The minimum Gasteiger partial charge on any atom is -0.495 e. The molecule has 0 aliphatic heterocycles. The molecule has 1 aromatic carbocycles. The van der Waals surface area contributed by atoms with Gasteiger partial charge >= 0.3 is 0 Å². The second-order valence-electron chi connectivity index (χ2n) is 4.36. The summed E-state index contributed by atoms with van der Waals surface area (Å²) in [6.07, 6.45) is 0.681. The first kappa shape index (κ1) is 13.9. The largest absolute Gasteiger partial charge is 0.495 e. The zero-order valence-electron chi connectivity index (χ0n) is 11.6. The Morgan fingerprint density at radius 1 is 1.40 bits per heavy atom. The van der Waals surface area contributed by atoms with Crippen LogP contribution in [0.1, 0.15) is 18.3 Å². The van der Waals surface area contributed by atoms with Gasteiger partial charge in [0, 0.05) is 19.0 Å². The van der Waals surface area contributed by atoms with E-state index >= 15 is 0 Å². The number of rotatable bonds is 5. The lowest BCUT2D eigenvalue weighted by molar-refractivity contribution is 0.417. The monoisotopic (exact) mass is 274 g/mol. The van der Waals surface area contributed by atoms with E-state index in [2.05, 4.69) is 15.3 Å². The van der Waals surface area contributed by atoms with Crippen LogP contribution in [0.2, 0.25) is 0 Å². The van der Waals surface area contributed by atoms with E-state index in [1.165, 1.54) is 6.07 Å². The minimum absolute atomic E-state index is 0.159. The van der Waals surface area contributed by atoms with Gasteiger partial charge in [-0.3, -0.25) is 4.79 Å². The number of aromatic amines is 1. The number of nitrogen functional groups attached to an aromatic ring is 1. The lowest BCUT2D eigenvalue weighted by Crippen LogP contribution is -2.13. The first-order valence-corrected chi connectivity index (χ1v) is 6.39. The smallest absolute Gasteiger partial charge is 0.252 e. The number of benzene rings is 1. The Hall–Kier alpha value is -2.50. The van der Waals surface area contributed by atoms with Gasteiger partial charge in [0.25, 0.3) is 5.56 Å². The first-order valence-electron chi connectivity index (χ1n) is 6.39. The van der Waals surface area contributed by atoms with Crippen molar-refractivity contribution >= 4 is 11.5 Å². The van der Waals surface area contributed by atoms with Crippen LogP contribution in [0.4, 0.5) is 11.5 Å². The van der Waals surface area contributed by atoms with Gasteiger partial charge in [0.2, 0.25) is 0 Å². The molecule has 0 aliphatic rings. The predicted octanol–water partition coefficient (Wildman–Crippen LogP) is 1.54. The third-order valence-electron chi connectivity index (χ3n) is 2.89. The zero-order valence-corrected chi connectivity index (χ0v) is 11.6. The van der Waals surface area contributed by atoms with Gasteiger partial charge in [-0.2, -0.15) is 0 Å². The van der Waals surface area contributed by atoms with Crippen LogP contribution in [0, 0.1) is 0 Å². The number of nitrogens with one attached hydrogen (secondary N) is 2. The van der Waals surface area contributed by atoms with E-state index in [4.69, 9.17) is 10.5 Å². The average molecular weight is 274 g/mol. The van der Waals surface area contributed by atoms with Crippen LogP contribution in [0.5, 0.6) is 5.75 Å². The Balaban J connectivity index is 2.10. The molecule has 6 nitrogen and oxygen atoms in total. The fraction of sp³-hybridized carbons (Fsp3) is 0.286. The maximum absolute atomic E-state index is 11.4. The van der Waals surface area contributed by atoms with E-state index < -0.39 is 0 Å². The highest BCUT2D eigenvalue weighted by Crippen LogP contribution is 2.22. The third-order valence-corrected chi connectivity index (χ3v) is 2.89. The zero-order chi connectivity index (χ0) is 14.5. The highest BCUT2D eigenvalue weighted by molar-refractivity contribution is 5.54. The number of nitrogens with two attached hydrogens (primary N) is 1. The van der Waals surface area contributed by atoms with Crippen molar-refractivity contribution < 1.29 is 4.74 Å². The van der Waals surface area contributed by atoms with Crippen LogP contribution >= 0.6 is 0 Å². The molecule has 4 N–H and O–H groups in total. The number of nitrogens with zero attached hydrogens (tertiary/aromatic N) is 1. The molecule has 0 saturated heterocycles. The van der Waals surface area contributed by atoms with Gasteiger partial charge in [-0.1, -0.05) is 13.0 Å². The van der Waals surface area contributed by atoms with Gasteiger partial charge in [0.05, 0.1) is 12.8 Å². The summed E-state index contributed by atoms with van der Waals surface area (Å²) in [6, 6.07) is 7.00. The molecule has 0 bridgehead atoms. The lowest BCUT2D eigenvalue weighted by atomic mass is 10.2. The molecular weight excluding hydrogens is 256 g/mol. The minimum atomic E-state index is -0.159. The van der Waals surface area contributed by atoms with Crippen molar-refractivity contribution in [2.24, 2.45) is 0 Å². The van der Waals surface area contributed by atoms with E-state index in [0.29, 0.717) is 36.0 Å². The highest BCUT2D eigenvalue weighted by atomic mass is 16.5. The topological polar surface area (TPSA) is 93.0 Å². The summed E-state index contributed by atoms with van der Waals surface area (Å²) in [4.78, 5) is 18.4. The number of ether oxygens (including phenoxy) is 1. The van der Waals surface area contributed by atoms with E-state index in [0.717, 1.165) is 5.56 Å². The van der Waals surface area contributed by atoms with Crippen LogP contribution in [0.15, 0.2) is 29.1 Å². The van der Waals surface area contributed by atoms with Gasteiger partial charge in [0.15, 0.2) is 0 Å². The Morgan fingerprint density at radius 3 is 2.85 bits per heavy atom. The van der Waals surface area contributed by atoms with Gasteiger partial charge in [-0.25, -0.2) is 4.98 Å². The van der Waals surface area contributed by atoms with Crippen molar-refractivity contribution in [1.82, 2.24) is 9.97 Å². The molecule has 0 amide bonds. The molecule has 0 spiro atoms. The molecular formula is C14H18N4O2. The lowest BCUT2D eigenvalue weighted by Gasteiger charge is -2.09. The molecule has 0 aliphatic carbocycles. The second-order valence-corrected chi connectivity index (χ2v) is 4.36. The molecule has 1 aromatic heterocycles. The fourth-order valence-electron chi connectivity index (χ4n) is 1.85. The molecule has 106 valence electrons. The Morgan fingerprint density at radius 2 is 2.20 bits per heavy atom. The van der Waals surface area contributed by atoms with Crippen LogP contribution < -0.4 is 21.3 Å². The molecule has 0 fully saturated rings. The molecule has 20 heavy (non-hydrogen) atoms. The van der Waals surface area contributed by atoms with Crippen LogP contribution in [-0.2, 0) is 13.0 Å². The van der Waals surface area contributed by atoms with E-state index in [-0.39, 0.29) is 5.56 Å². The van der Waals surface area contributed by atoms with E-state index in [1.54, 1.807) is 7.11 Å². The number of methoxy groups -OCH3 is 1. The van der Waals surface area contributed by atoms with Crippen LogP contribution in [0.25, 0.3) is 0 Å². The van der Waals surface area contributed by atoms with Crippen molar-refractivity contribution in [3.8, 4) is 5.75 Å². The molecule has 0 atom stereocenters. The summed E-state index contributed by atoms with van der Waals surface area (Å²) in [5, 5.41) is 3.11. The number of H-pyrrole nitrogens is 1. The van der Waals surface area contributed by atoms with Gasteiger partial charge in [0.1, 0.15) is 17.4 Å². The Bertz CT molecular complexity index is 652. The number of hydrogen-bond donors (Lipinski definition) is 3. The number of aryl methyl sites for hydroxylation is 1. The van der Waals surface area contributed by atoms with Crippen molar-refractivity contribution in [2.45, 2.75) is 19.9 Å². The summed E-state index contributed by atoms with van der Waals surface area (Å²) in [6.45, 7) is 2.47. The summed E-state index contributed by atoms with van der Waals surface area (Å²) < 4.78 is 5.11. The van der Waals surface area contributed by atoms with Crippen molar-refractivity contribution in [3.63, 3.8) is 0 Å². The summed E-state index contributed by atoms with van der Waals surface area (Å²) in [5.41, 5.74) is 7.26. The molecule has 1 heterocycles. The number of anilines is 2. The SMILES string of the molecule is CCc1nc(NCc2ccc(OC)c(N)c2)cc(=O)[nH]1. The van der Waals surface area contributed by atoms with Gasteiger partial charge < -0.3 is 20.8 Å². The maximum atomic E-state index is 11.4. The summed E-state index contributed by atoms with van der Waals surface area (Å²) >= 11 is 0. The Kier molecular flexibility index (Phi) is 4.24. The third kappa shape index (κ3) is 3.28. The van der Waals surface area contributed by atoms with Gasteiger partial charge in [-0.05, 0) is 17.7 Å². The summed E-state index contributed by atoms with van der Waals surface area (Å²) in [5.74, 6) is 1.87. The molecule has 0 radical (unpaired) electrons. The predicted molar refractivity (Wildman–Crippen MR) is 79.0 cm³/mol. The molecule has 2 rings (SSSR count). The first-order chi connectivity index (χ1) is 9.62. The summed E-state index contributed by atoms with van der Waals surface area (Å²) in [7, 11) is 1.58. The second kappa shape index (κ2) is 6.10. The highest BCUT2D eigenvalue weighted by Gasteiger charge is 2.03. The Labute approximate surface area is 117 Å². The molecule has 2 aromatic rings. The van der Waals surface area contributed by atoms with E-state index in [1.807, 2.05) is 25.1 Å². The standard InChI is InChI=1S/C14H18N4O2/c1-3-12-17-13(7-14(19)18-12)16-8-9-4-5-11(20-2)10(15)6-9/h4-7H,3,8,15H2,1-2H3,(H2,16,17,18,19). The van der Waals surface area contributed by atoms with E-state index in [9.17, 15) is 4.79 Å². The molecule has 0 unspecified atom stereocenters. The maximum Gasteiger partial charge on any atom is 0.252 e. The van der Waals surface area contributed by atoms with Crippen molar-refractivity contribution in [3.05, 3.63) is 46.0 Å². The molecule has 0 saturated carbocycles.